The largest absolute Gasteiger partial charge is 0.381 e. The zero-order valence-corrected chi connectivity index (χ0v) is 12.8. The number of nitrogens with zero attached hydrogens (tertiary/aromatic N) is 1. The summed E-state index contributed by atoms with van der Waals surface area (Å²) in [5.41, 5.74) is 2.41. The first-order valence-corrected chi connectivity index (χ1v) is 7.90. The van der Waals surface area contributed by atoms with E-state index in [4.69, 9.17) is 4.74 Å². The van der Waals surface area contributed by atoms with Crippen molar-refractivity contribution in [2.75, 3.05) is 19.8 Å². The Morgan fingerprint density at radius 2 is 2.29 bits per heavy atom. The molecule has 0 aliphatic carbocycles. The molecule has 0 radical (unpaired) electrons. The number of hydrogen-bond donors (Lipinski definition) is 1. The topological polar surface area (TPSA) is 41.6 Å². The summed E-state index contributed by atoms with van der Waals surface area (Å²) >= 11 is 0. The minimum atomic E-state index is -0.0576. The summed E-state index contributed by atoms with van der Waals surface area (Å²) in [6.07, 6.45) is 1.89. The zero-order chi connectivity index (χ0) is 14.8. The fourth-order valence-corrected chi connectivity index (χ4v) is 3.29. The van der Waals surface area contributed by atoms with Crippen molar-refractivity contribution in [1.82, 2.24) is 10.2 Å². The zero-order valence-electron chi connectivity index (χ0n) is 12.8. The number of hydrogen-bond acceptors (Lipinski definition) is 3. The Kier molecular flexibility index (Phi) is 4.27. The van der Waals surface area contributed by atoms with E-state index in [1.54, 1.807) is 0 Å². The van der Waals surface area contributed by atoms with Crippen molar-refractivity contribution in [2.45, 2.75) is 38.9 Å². The van der Waals surface area contributed by atoms with Crippen LogP contribution in [0.15, 0.2) is 24.3 Å². The van der Waals surface area contributed by atoms with Crippen molar-refractivity contribution in [2.24, 2.45) is 5.92 Å². The molecule has 21 heavy (non-hydrogen) atoms. The molecular formula is C17H24N2O2. The first-order chi connectivity index (χ1) is 10.2. The summed E-state index contributed by atoms with van der Waals surface area (Å²) in [6.45, 7) is 6.55. The molecule has 4 nitrogen and oxygen atoms in total. The fourth-order valence-electron chi connectivity index (χ4n) is 3.29. The third-order valence-corrected chi connectivity index (χ3v) is 4.50. The Bertz CT molecular complexity index is 511. The highest BCUT2D eigenvalue weighted by Crippen LogP contribution is 2.29. The molecule has 2 fully saturated rings. The maximum absolute atomic E-state index is 12.6. The van der Waals surface area contributed by atoms with Crippen molar-refractivity contribution in [1.29, 1.82) is 0 Å². The van der Waals surface area contributed by atoms with E-state index in [2.05, 4.69) is 43.4 Å². The molecule has 2 heterocycles. The van der Waals surface area contributed by atoms with E-state index in [9.17, 15) is 4.79 Å². The van der Waals surface area contributed by atoms with Gasteiger partial charge in [0.25, 0.3) is 0 Å². The standard InChI is InChI=1S/C17H24N2O2/c1-3-15-17(20)19(10-13-7-8-21-11-13)16(18-15)14-6-4-5-12(2)9-14/h4-6,9,13,15-16,18H,3,7-8,10-11H2,1-2H3. The first-order valence-electron chi connectivity index (χ1n) is 7.90. The van der Waals surface area contributed by atoms with Crippen LogP contribution in [0.4, 0.5) is 0 Å². The molecule has 3 rings (SSSR count). The number of rotatable bonds is 4. The summed E-state index contributed by atoms with van der Waals surface area (Å²) in [6, 6.07) is 8.37. The molecule has 1 amide bonds. The second-order valence-corrected chi connectivity index (χ2v) is 6.16. The van der Waals surface area contributed by atoms with Gasteiger partial charge in [-0.25, -0.2) is 0 Å². The van der Waals surface area contributed by atoms with Crippen molar-refractivity contribution in [3.63, 3.8) is 0 Å². The Labute approximate surface area is 126 Å². The second kappa shape index (κ2) is 6.16. The molecule has 114 valence electrons. The third kappa shape index (κ3) is 2.97. The maximum atomic E-state index is 12.6. The lowest BCUT2D eigenvalue weighted by atomic mass is 10.1. The minimum Gasteiger partial charge on any atom is -0.381 e. The number of ether oxygens (including phenoxy) is 1. The van der Waals surface area contributed by atoms with Crippen molar-refractivity contribution in [3.05, 3.63) is 35.4 Å². The molecule has 0 spiro atoms. The molecule has 0 bridgehead atoms. The highest BCUT2D eigenvalue weighted by atomic mass is 16.5. The lowest BCUT2D eigenvalue weighted by Crippen LogP contribution is -2.35. The van der Waals surface area contributed by atoms with Gasteiger partial charge < -0.3 is 9.64 Å². The van der Waals surface area contributed by atoms with Gasteiger partial charge in [-0.3, -0.25) is 10.1 Å². The molecule has 0 saturated carbocycles. The van der Waals surface area contributed by atoms with Crippen LogP contribution in [0, 0.1) is 12.8 Å². The van der Waals surface area contributed by atoms with Crippen LogP contribution in [-0.4, -0.2) is 36.6 Å². The van der Waals surface area contributed by atoms with E-state index in [0.717, 1.165) is 32.6 Å². The van der Waals surface area contributed by atoms with Gasteiger partial charge in [0.1, 0.15) is 6.17 Å². The van der Waals surface area contributed by atoms with Gasteiger partial charge in [0.15, 0.2) is 0 Å². The lowest BCUT2D eigenvalue weighted by molar-refractivity contribution is -0.130. The van der Waals surface area contributed by atoms with Crippen molar-refractivity contribution < 1.29 is 9.53 Å². The lowest BCUT2D eigenvalue weighted by Gasteiger charge is -2.27. The average Bonchev–Trinajstić information content (AvgIpc) is 3.09. The summed E-state index contributed by atoms with van der Waals surface area (Å²) in [5.74, 6) is 0.703. The van der Waals surface area contributed by atoms with Crippen molar-refractivity contribution >= 4 is 5.91 Å². The van der Waals surface area contributed by atoms with Crippen LogP contribution in [0.3, 0.4) is 0 Å². The Morgan fingerprint density at radius 3 is 2.95 bits per heavy atom. The molecule has 3 unspecified atom stereocenters. The summed E-state index contributed by atoms with van der Waals surface area (Å²) < 4.78 is 5.46. The van der Waals surface area contributed by atoms with Gasteiger partial charge in [0.2, 0.25) is 5.91 Å². The summed E-state index contributed by atoms with van der Waals surface area (Å²) in [7, 11) is 0. The summed E-state index contributed by atoms with van der Waals surface area (Å²) in [4.78, 5) is 14.6. The SMILES string of the molecule is CCC1NC(c2cccc(C)c2)N(CC2CCOC2)C1=O. The van der Waals surface area contributed by atoms with E-state index >= 15 is 0 Å². The number of benzene rings is 1. The van der Waals surface area contributed by atoms with Crippen LogP contribution >= 0.6 is 0 Å². The maximum Gasteiger partial charge on any atom is 0.241 e. The van der Waals surface area contributed by atoms with E-state index in [1.807, 2.05) is 4.90 Å². The van der Waals surface area contributed by atoms with Crippen molar-refractivity contribution in [3.8, 4) is 0 Å². The van der Waals surface area contributed by atoms with Crippen LogP contribution in [0.1, 0.15) is 37.1 Å². The molecule has 2 aliphatic rings. The van der Waals surface area contributed by atoms with Gasteiger partial charge in [-0.05, 0) is 25.3 Å². The molecule has 0 aromatic heterocycles. The molecule has 4 heteroatoms. The molecular weight excluding hydrogens is 264 g/mol. The van der Waals surface area contributed by atoms with Gasteiger partial charge in [0, 0.05) is 19.1 Å². The molecule has 2 aliphatic heterocycles. The summed E-state index contributed by atoms with van der Waals surface area (Å²) in [5, 5.41) is 3.49. The van der Waals surface area contributed by atoms with E-state index in [1.165, 1.54) is 11.1 Å². The monoisotopic (exact) mass is 288 g/mol. The average molecular weight is 288 g/mol. The van der Waals surface area contributed by atoms with Crippen LogP contribution in [0.5, 0.6) is 0 Å². The number of carbonyl (C=O) groups is 1. The minimum absolute atomic E-state index is 0.00273. The molecule has 3 atom stereocenters. The molecule has 1 aromatic carbocycles. The third-order valence-electron chi connectivity index (χ3n) is 4.50. The van der Waals surface area contributed by atoms with Gasteiger partial charge in [0.05, 0.1) is 12.6 Å². The predicted molar refractivity (Wildman–Crippen MR) is 81.8 cm³/mol. The Hall–Kier alpha value is -1.39. The number of nitrogens with one attached hydrogen (secondary N) is 1. The molecule has 2 saturated heterocycles. The Balaban J connectivity index is 1.83. The van der Waals surface area contributed by atoms with Crippen LogP contribution < -0.4 is 5.32 Å². The highest BCUT2D eigenvalue weighted by molar-refractivity contribution is 5.84. The van der Waals surface area contributed by atoms with Gasteiger partial charge >= 0.3 is 0 Å². The molecule has 1 N–H and O–H groups in total. The van der Waals surface area contributed by atoms with E-state index in [-0.39, 0.29) is 18.1 Å². The van der Waals surface area contributed by atoms with E-state index < -0.39 is 0 Å². The predicted octanol–water partition coefficient (Wildman–Crippen LogP) is 2.24. The molecule has 1 aromatic rings. The number of amides is 1. The van der Waals surface area contributed by atoms with E-state index in [0.29, 0.717) is 5.92 Å². The first kappa shape index (κ1) is 14.5. The van der Waals surface area contributed by atoms with Gasteiger partial charge in [-0.1, -0.05) is 36.8 Å². The van der Waals surface area contributed by atoms with Crippen LogP contribution in [0.2, 0.25) is 0 Å². The smallest absolute Gasteiger partial charge is 0.241 e. The fraction of sp³-hybridized carbons (Fsp3) is 0.588. The van der Waals surface area contributed by atoms with Crippen LogP contribution in [0.25, 0.3) is 0 Å². The second-order valence-electron chi connectivity index (χ2n) is 6.16. The van der Waals surface area contributed by atoms with Gasteiger partial charge in [-0.15, -0.1) is 0 Å². The van der Waals surface area contributed by atoms with Crippen LogP contribution in [-0.2, 0) is 9.53 Å². The van der Waals surface area contributed by atoms with Gasteiger partial charge in [-0.2, -0.15) is 0 Å². The quantitative estimate of drug-likeness (QED) is 0.924. The number of aryl methyl sites for hydroxylation is 1. The normalized spacial score (nSPS) is 29.3. The number of carbonyl (C=O) groups excluding carboxylic acids is 1. The highest BCUT2D eigenvalue weighted by Gasteiger charge is 2.39. The Morgan fingerprint density at radius 1 is 1.43 bits per heavy atom.